The summed E-state index contributed by atoms with van der Waals surface area (Å²) in [7, 11) is -1.85. The molecule has 0 aliphatic heterocycles. The van der Waals surface area contributed by atoms with E-state index in [1.165, 1.54) is 10.4 Å². The van der Waals surface area contributed by atoms with Crippen LogP contribution in [0.5, 0.6) is 0 Å². The minimum absolute atomic E-state index is 0.109. The zero-order chi connectivity index (χ0) is 15.6. The Morgan fingerprint density at radius 3 is 2.67 bits per heavy atom. The number of hydrogen-bond donors (Lipinski definition) is 0. The second kappa shape index (κ2) is 6.48. The smallest absolute Gasteiger partial charge is 0.244 e. The van der Waals surface area contributed by atoms with E-state index in [-0.39, 0.29) is 16.5 Å². The highest BCUT2D eigenvalue weighted by atomic mass is 79.9. The van der Waals surface area contributed by atoms with E-state index >= 15 is 0 Å². The normalized spacial score (nSPS) is 12.0. The van der Waals surface area contributed by atoms with Gasteiger partial charge in [-0.05, 0) is 18.2 Å². The molecule has 1 aromatic carbocycles. The van der Waals surface area contributed by atoms with Crippen molar-refractivity contribution in [1.29, 1.82) is 0 Å². The summed E-state index contributed by atoms with van der Waals surface area (Å²) in [5.74, 6) is 0. The van der Waals surface area contributed by atoms with Crippen molar-refractivity contribution in [3.8, 4) is 0 Å². The summed E-state index contributed by atoms with van der Waals surface area (Å²) in [4.78, 5) is 0.109. The molecule has 0 amide bonds. The van der Waals surface area contributed by atoms with Crippen LogP contribution in [0.25, 0.3) is 0 Å². The first kappa shape index (κ1) is 16.5. The van der Waals surface area contributed by atoms with Gasteiger partial charge in [-0.2, -0.15) is 9.40 Å². The van der Waals surface area contributed by atoms with Crippen LogP contribution in [0.15, 0.2) is 40.0 Å². The molecule has 1 aromatic heterocycles. The van der Waals surface area contributed by atoms with Crippen LogP contribution >= 0.6 is 27.5 Å². The Morgan fingerprint density at radius 1 is 1.43 bits per heavy atom. The Kier molecular flexibility index (Phi) is 5.08. The third-order valence-corrected chi connectivity index (χ3v) is 5.88. The van der Waals surface area contributed by atoms with Crippen LogP contribution in [0.2, 0.25) is 5.02 Å². The van der Waals surface area contributed by atoms with E-state index in [0.717, 1.165) is 10.0 Å². The van der Waals surface area contributed by atoms with Gasteiger partial charge in [0.2, 0.25) is 10.0 Å². The zero-order valence-electron chi connectivity index (χ0n) is 11.6. The largest absolute Gasteiger partial charge is 0.275 e. The van der Waals surface area contributed by atoms with Crippen LogP contribution in [-0.4, -0.2) is 29.0 Å². The van der Waals surface area contributed by atoms with Gasteiger partial charge in [-0.15, -0.1) is 0 Å². The Balaban J connectivity index is 2.35. The molecule has 0 unspecified atom stereocenters. The fourth-order valence-corrected chi connectivity index (χ4v) is 4.40. The first-order valence-corrected chi connectivity index (χ1v) is 8.88. The number of halogens is 2. The molecule has 1 heterocycles. The summed E-state index contributed by atoms with van der Waals surface area (Å²) in [5, 5.41) is 4.25. The molecular formula is C13H15BrClN3O2S. The average Bonchev–Trinajstić information content (AvgIpc) is 2.80. The summed E-state index contributed by atoms with van der Waals surface area (Å²) in [6.07, 6.45) is 3.45. The Bertz CT molecular complexity index is 746. The van der Waals surface area contributed by atoms with Gasteiger partial charge >= 0.3 is 0 Å². The molecule has 0 radical (unpaired) electrons. The topological polar surface area (TPSA) is 55.2 Å². The molecule has 2 aromatic rings. The van der Waals surface area contributed by atoms with Gasteiger partial charge < -0.3 is 0 Å². The van der Waals surface area contributed by atoms with Crippen LogP contribution in [-0.2, 0) is 23.6 Å². The highest BCUT2D eigenvalue weighted by Crippen LogP contribution is 2.28. The van der Waals surface area contributed by atoms with Gasteiger partial charge in [-0.1, -0.05) is 34.5 Å². The van der Waals surface area contributed by atoms with E-state index in [0.29, 0.717) is 6.54 Å². The van der Waals surface area contributed by atoms with Crippen LogP contribution < -0.4 is 0 Å². The Morgan fingerprint density at radius 2 is 2.14 bits per heavy atom. The van der Waals surface area contributed by atoms with Crippen LogP contribution in [0.1, 0.15) is 12.5 Å². The molecule has 5 nitrogen and oxygen atoms in total. The molecule has 21 heavy (non-hydrogen) atoms. The van der Waals surface area contributed by atoms with Gasteiger partial charge in [0.25, 0.3) is 0 Å². The molecule has 0 saturated carbocycles. The van der Waals surface area contributed by atoms with Crippen LogP contribution in [0, 0.1) is 0 Å². The summed E-state index contributed by atoms with van der Waals surface area (Å²) < 4.78 is 29.2. The zero-order valence-corrected chi connectivity index (χ0v) is 14.8. The molecule has 0 atom stereocenters. The molecule has 0 N–H and O–H groups in total. The molecule has 0 aliphatic rings. The lowest BCUT2D eigenvalue weighted by Crippen LogP contribution is -2.30. The molecule has 0 spiro atoms. The summed E-state index contributed by atoms with van der Waals surface area (Å²) in [5.41, 5.74) is 0.830. The molecule has 114 valence electrons. The van der Waals surface area contributed by atoms with Gasteiger partial charge in [-0.3, -0.25) is 4.68 Å². The monoisotopic (exact) mass is 391 g/mol. The molecule has 0 saturated heterocycles. The van der Waals surface area contributed by atoms with E-state index in [9.17, 15) is 8.42 Å². The van der Waals surface area contributed by atoms with Gasteiger partial charge in [0.15, 0.2) is 0 Å². The molecule has 2 rings (SSSR count). The van der Waals surface area contributed by atoms with Crippen molar-refractivity contribution in [1.82, 2.24) is 14.1 Å². The standard InChI is InChI=1S/C13H15BrClN3O2S/c1-3-18(9-10-7-16-17(2)8-10)21(19,20)13-5-4-11(14)6-12(13)15/h4-8H,3,9H2,1-2H3. The SMILES string of the molecule is CCN(Cc1cnn(C)c1)S(=O)(=O)c1ccc(Br)cc1Cl. The Hall–Kier alpha value is -0.890. The van der Waals surface area contributed by atoms with Crippen molar-refractivity contribution in [2.24, 2.45) is 7.05 Å². The number of benzene rings is 1. The fraction of sp³-hybridized carbons (Fsp3) is 0.308. The van der Waals surface area contributed by atoms with Gasteiger partial charge in [0.1, 0.15) is 4.90 Å². The van der Waals surface area contributed by atoms with Crippen molar-refractivity contribution in [3.05, 3.63) is 45.7 Å². The maximum atomic E-state index is 12.7. The first-order valence-electron chi connectivity index (χ1n) is 6.27. The lowest BCUT2D eigenvalue weighted by Gasteiger charge is -2.20. The molecule has 0 aliphatic carbocycles. The highest BCUT2D eigenvalue weighted by Gasteiger charge is 2.26. The maximum absolute atomic E-state index is 12.7. The number of hydrogen-bond acceptors (Lipinski definition) is 3. The van der Waals surface area contributed by atoms with Crippen molar-refractivity contribution in [2.45, 2.75) is 18.4 Å². The fourth-order valence-electron chi connectivity index (χ4n) is 1.95. The van der Waals surface area contributed by atoms with Gasteiger partial charge in [0.05, 0.1) is 11.2 Å². The van der Waals surface area contributed by atoms with Crippen molar-refractivity contribution < 1.29 is 8.42 Å². The second-order valence-corrected chi connectivity index (χ2v) is 7.76. The minimum Gasteiger partial charge on any atom is -0.275 e. The molecular weight excluding hydrogens is 378 g/mol. The van der Waals surface area contributed by atoms with Crippen LogP contribution in [0.4, 0.5) is 0 Å². The number of aromatic nitrogens is 2. The number of rotatable bonds is 5. The lowest BCUT2D eigenvalue weighted by molar-refractivity contribution is 0.423. The van der Waals surface area contributed by atoms with Crippen molar-refractivity contribution in [3.63, 3.8) is 0 Å². The van der Waals surface area contributed by atoms with E-state index in [2.05, 4.69) is 21.0 Å². The summed E-state index contributed by atoms with van der Waals surface area (Å²) in [6.45, 7) is 2.41. The molecule has 0 bridgehead atoms. The number of aryl methyl sites for hydroxylation is 1. The Labute approximate surface area is 137 Å². The summed E-state index contributed by atoms with van der Waals surface area (Å²) >= 11 is 9.34. The van der Waals surface area contributed by atoms with Gasteiger partial charge in [0, 0.05) is 36.4 Å². The van der Waals surface area contributed by atoms with E-state index in [4.69, 9.17) is 11.6 Å². The number of nitrogens with zero attached hydrogens (tertiary/aromatic N) is 3. The van der Waals surface area contributed by atoms with Crippen molar-refractivity contribution >= 4 is 37.6 Å². The molecule has 8 heteroatoms. The predicted octanol–water partition coefficient (Wildman–Crippen LogP) is 3.05. The van der Waals surface area contributed by atoms with Crippen LogP contribution in [0.3, 0.4) is 0 Å². The van der Waals surface area contributed by atoms with E-state index < -0.39 is 10.0 Å². The number of sulfonamides is 1. The minimum atomic E-state index is -3.64. The highest BCUT2D eigenvalue weighted by molar-refractivity contribution is 9.10. The quantitative estimate of drug-likeness (QED) is 0.786. The van der Waals surface area contributed by atoms with E-state index in [1.54, 1.807) is 43.2 Å². The van der Waals surface area contributed by atoms with Crippen molar-refractivity contribution in [2.75, 3.05) is 6.54 Å². The third-order valence-electron chi connectivity index (χ3n) is 2.98. The maximum Gasteiger partial charge on any atom is 0.244 e. The summed E-state index contributed by atoms with van der Waals surface area (Å²) in [6, 6.07) is 4.75. The third kappa shape index (κ3) is 3.66. The lowest BCUT2D eigenvalue weighted by atomic mass is 10.3. The first-order chi connectivity index (χ1) is 9.84. The second-order valence-electron chi connectivity index (χ2n) is 4.53. The van der Waals surface area contributed by atoms with Gasteiger partial charge in [-0.25, -0.2) is 8.42 Å². The predicted molar refractivity (Wildman–Crippen MR) is 85.6 cm³/mol. The average molecular weight is 393 g/mol. The molecule has 0 fully saturated rings. The van der Waals surface area contributed by atoms with E-state index in [1.807, 2.05) is 0 Å².